The van der Waals surface area contributed by atoms with Gasteiger partial charge in [0.2, 0.25) is 0 Å². The van der Waals surface area contributed by atoms with Gasteiger partial charge in [0, 0.05) is 18.3 Å². The summed E-state index contributed by atoms with van der Waals surface area (Å²) in [5.41, 5.74) is 3.08. The molecule has 74 valence electrons. The molecule has 1 unspecified atom stereocenters. The minimum Gasteiger partial charge on any atom is -0.368 e. The first kappa shape index (κ1) is 8.34. The van der Waals surface area contributed by atoms with Crippen LogP contribution in [0.3, 0.4) is 0 Å². The van der Waals surface area contributed by atoms with E-state index in [2.05, 4.69) is 29.2 Å². The van der Waals surface area contributed by atoms with Gasteiger partial charge >= 0.3 is 0 Å². The van der Waals surface area contributed by atoms with Gasteiger partial charge in [0.25, 0.3) is 0 Å². The fourth-order valence-corrected chi connectivity index (χ4v) is 2.94. The molecule has 0 bridgehead atoms. The highest BCUT2D eigenvalue weighted by Crippen LogP contribution is 2.34. The van der Waals surface area contributed by atoms with Gasteiger partial charge in [0.05, 0.1) is 0 Å². The third-order valence-corrected chi connectivity index (χ3v) is 3.68. The molecule has 1 saturated heterocycles. The molecule has 1 atom stereocenters. The highest BCUT2D eigenvalue weighted by atomic mass is 15.2. The molecule has 14 heavy (non-hydrogen) atoms. The Hall–Kier alpha value is -0.980. The number of hydrogen-bond donors (Lipinski definition) is 0. The lowest BCUT2D eigenvalue weighted by Crippen LogP contribution is -2.42. The van der Waals surface area contributed by atoms with Crippen LogP contribution in [0.5, 0.6) is 0 Å². The topological polar surface area (TPSA) is 3.24 Å². The second kappa shape index (κ2) is 3.30. The molecule has 0 spiro atoms. The van der Waals surface area contributed by atoms with E-state index in [4.69, 9.17) is 0 Å². The fourth-order valence-electron chi connectivity index (χ4n) is 2.94. The van der Waals surface area contributed by atoms with E-state index < -0.39 is 0 Å². The van der Waals surface area contributed by atoms with Crippen molar-refractivity contribution in [3.63, 3.8) is 0 Å². The molecule has 0 N–H and O–H groups in total. The zero-order chi connectivity index (χ0) is 9.38. The molecule has 0 aliphatic carbocycles. The number of aryl methyl sites for hydroxylation is 1. The van der Waals surface area contributed by atoms with Crippen LogP contribution >= 0.6 is 0 Å². The third kappa shape index (κ3) is 1.23. The molecule has 0 amide bonds. The number of rotatable bonds is 0. The third-order valence-electron chi connectivity index (χ3n) is 3.68. The lowest BCUT2D eigenvalue weighted by atomic mass is 9.90. The van der Waals surface area contributed by atoms with E-state index in [-0.39, 0.29) is 0 Å². The Morgan fingerprint density at radius 1 is 1.07 bits per heavy atom. The maximum absolute atomic E-state index is 2.64. The minimum absolute atomic E-state index is 0.846. The normalized spacial score (nSPS) is 25.4. The molecule has 1 aromatic carbocycles. The van der Waals surface area contributed by atoms with E-state index in [9.17, 15) is 0 Å². The van der Waals surface area contributed by atoms with E-state index in [0.717, 1.165) is 6.04 Å². The van der Waals surface area contributed by atoms with Gasteiger partial charge < -0.3 is 4.90 Å². The first-order valence-electron chi connectivity index (χ1n) is 5.80. The summed E-state index contributed by atoms with van der Waals surface area (Å²) in [6.45, 7) is 1.28. The first-order chi connectivity index (χ1) is 6.95. The lowest BCUT2D eigenvalue weighted by molar-refractivity contribution is 0.424. The molecule has 3 rings (SSSR count). The van der Waals surface area contributed by atoms with Crippen LogP contribution in [-0.2, 0) is 6.42 Å². The molecule has 2 aliphatic rings. The molecule has 1 heteroatoms. The molecule has 0 radical (unpaired) electrons. The van der Waals surface area contributed by atoms with Crippen LogP contribution in [-0.4, -0.2) is 12.6 Å². The van der Waals surface area contributed by atoms with Gasteiger partial charge in [-0.05, 0) is 43.7 Å². The molecule has 2 heterocycles. The van der Waals surface area contributed by atoms with Crippen molar-refractivity contribution < 1.29 is 0 Å². The maximum Gasteiger partial charge on any atom is 0.0401 e. The average Bonchev–Trinajstić information content (AvgIpc) is 2.29. The standard InChI is InChI=1S/C13H17N/c1-2-7-13-11(5-1)8-9-12-6-3-4-10-14(12)13/h1-2,5,7,12H,3-4,6,8-10H2. The summed E-state index contributed by atoms with van der Waals surface area (Å²) in [6.07, 6.45) is 6.89. The molecule has 1 fully saturated rings. The van der Waals surface area contributed by atoms with Crippen molar-refractivity contribution in [2.45, 2.75) is 38.1 Å². The molecule has 1 nitrogen and oxygen atoms in total. The van der Waals surface area contributed by atoms with Crippen molar-refractivity contribution in [3.05, 3.63) is 29.8 Å². The fraction of sp³-hybridized carbons (Fsp3) is 0.538. The van der Waals surface area contributed by atoms with Gasteiger partial charge in [-0.1, -0.05) is 18.2 Å². The quantitative estimate of drug-likeness (QED) is 0.603. The number of hydrogen-bond acceptors (Lipinski definition) is 1. The monoisotopic (exact) mass is 187 g/mol. The Balaban J connectivity index is 1.99. The molecule has 1 aromatic rings. The largest absolute Gasteiger partial charge is 0.368 e. The molecular weight excluding hydrogens is 170 g/mol. The van der Waals surface area contributed by atoms with Gasteiger partial charge in [-0.25, -0.2) is 0 Å². The number of benzene rings is 1. The molecule has 0 saturated carbocycles. The zero-order valence-corrected chi connectivity index (χ0v) is 8.58. The van der Waals surface area contributed by atoms with Gasteiger partial charge in [-0.3, -0.25) is 0 Å². The summed E-state index contributed by atoms with van der Waals surface area (Å²) < 4.78 is 0. The van der Waals surface area contributed by atoms with Crippen molar-refractivity contribution in [2.75, 3.05) is 11.4 Å². The lowest BCUT2D eigenvalue weighted by Gasteiger charge is -2.42. The minimum atomic E-state index is 0.846. The van der Waals surface area contributed by atoms with Crippen molar-refractivity contribution >= 4 is 5.69 Å². The van der Waals surface area contributed by atoms with Crippen molar-refractivity contribution in [1.29, 1.82) is 0 Å². The van der Waals surface area contributed by atoms with Crippen molar-refractivity contribution in [3.8, 4) is 0 Å². The highest BCUT2D eigenvalue weighted by Gasteiger charge is 2.27. The maximum atomic E-state index is 2.64. The number of fused-ring (bicyclic) bond motifs is 3. The number of para-hydroxylation sites is 1. The van der Waals surface area contributed by atoms with Crippen LogP contribution in [0.2, 0.25) is 0 Å². The van der Waals surface area contributed by atoms with Gasteiger partial charge in [-0.15, -0.1) is 0 Å². The first-order valence-corrected chi connectivity index (χ1v) is 5.80. The van der Waals surface area contributed by atoms with Crippen LogP contribution in [0.15, 0.2) is 24.3 Å². The van der Waals surface area contributed by atoms with E-state index in [0.29, 0.717) is 0 Å². The summed E-state index contributed by atoms with van der Waals surface area (Å²) in [5, 5.41) is 0. The van der Waals surface area contributed by atoms with Crippen LogP contribution in [0.25, 0.3) is 0 Å². The number of anilines is 1. The van der Waals surface area contributed by atoms with Gasteiger partial charge in [-0.2, -0.15) is 0 Å². The summed E-state index contributed by atoms with van der Waals surface area (Å²) in [6, 6.07) is 9.78. The summed E-state index contributed by atoms with van der Waals surface area (Å²) in [4.78, 5) is 2.64. The van der Waals surface area contributed by atoms with E-state index >= 15 is 0 Å². The molecular formula is C13H17N. The Morgan fingerprint density at radius 3 is 3.00 bits per heavy atom. The predicted molar refractivity (Wildman–Crippen MR) is 59.7 cm³/mol. The van der Waals surface area contributed by atoms with Crippen molar-refractivity contribution in [1.82, 2.24) is 0 Å². The second-order valence-corrected chi connectivity index (χ2v) is 4.51. The summed E-state index contributed by atoms with van der Waals surface area (Å²) in [7, 11) is 0. The Kier molecular flexibility index (Phi) is 1.97. The number of piperidine rings is 1. The van der Waals surface area contributed by atoms with E-state index in [1.807, 2.05) is 0 Å². The number of nitrogens with zero attached hydrogens (tertiary/aromatic N) is 1. The Morgan fingerprint density at radius 2 is 2.00 bits per heavy atom. The molecule has 0 aromatic heterocycles. The highest BCUT2D eigenvalue weighted by molar-refractivity contribution is 5.56. The van der Waals surface area contributed by atoms with Gasteiger partial charge in [0.1, 0.15) is 0 Å². The van der Waals surface area contributed by atoms with Gasteiger partial charge in [0.15, 0.2) is 0 Å². The van der Waals surface area contributed by atoms with Crippen LogP contribution in [0.4, 0.5) is 5.69 Å². The van der Waals surface area contributed by atoms with Crippen LogP contribution < -0.4 is 4.90 Å². The Labute approximate surface area is 85.7 Å². The molecule has 2 aliphatic heterocycles. The van der Waals surface area contributed by atoms with Crippen LogP contribution in [0.1, 0.15) is 31.2 Å². The zero-order valence-electron chi connectivity index (χ0n) is 8.58. The van der Waals surface area contributed by atoms with E-state index in [1.165, 1.54) is 44.3 Å². The SMILES string of the molecule is c1ccc2c(c1)CCC1CCCCN21. The van der Waals surface area contributed by atoms with E-state index in [1.54, 1.807) is 5.56 Å². The summed E-state index contributed by atoms with van der Waals surface area (Å²) in [5.74, 6) is 0. The van der Waals surface area contributed by atoms with Crippen LogP contribution in [0, 0.1) is 0 Å². The predicted octanol–water partition coefficient (Wildman–Crippen LogP) is 2.99. The average molecular weight is 187 g/mol. The Bertz CT molecular complexity index is 332. The smallest absolute Gasteiger partial charge is 0.0401 e. The summed E-state index contributed by atoms with van der Waals surface area (Å²) >= 11 is 0. The van der Waals surface area contributed by atoms with Crippen molar-refractivity contribution in [2.24, 2.45) is 0 Å². The second-order valence-electron chi connectivity index (χ2n) is 4.51.